The predicted molar refractivity (Wildman–Crippen MR) is 69.8 cm³/mol. The monoisotopic (exact) mass is 217 g/mol. The van der Waals surface area contributed by atoms with Crippen molar-refractivity contribution in [2.24, 2.45) is 0 Å². The second-order valence-electron chi connectivity index (χ2n) is 5.33. The zero-order chi connectivity index (χ0) is 11.7. The fourth-order valence-electron chi connectivity index (χ4n) is 2.89. The number of hydrogen-bond acceptors (Lipinski definition) is 1. The summed E-state index contributed by atoms with van der Waals surface area (Å²) in [5, 5.41) is 3.73. The Morgan fingerprint density at radius 3 is 2.12 bits per heavy atom. The van der Waals surface area contributed by atoms with Gasteiger partial charge in [0, 0.05) is 12.1 Å². The Labute approximate surface area is 99.3 Å². The number of benzene rings is 1. The van der Waals surface area contributed by atoms with Crippen molar-refractivity contribution >= 4 is 0 Å². The molecule has 0 aromatic heterocycles. The minimum atomic E-state index is 0.492. The van der Waals surface area contributed by atoms with E-state index >= 15 is 0 Å². The molecule has 1 aromatic carbocycles. The highest BCUT2D eigenvalue weighted by atomic mass is 15.0. The van der Waals surface area contributed by atoms with Gasteiger partial charge in [0.1, 0.15) is 0 Å². The lowest BCUT2D eigenvalue weighted by Gasteiger charge is -2.31. The smallest absolute Gasteiger partial charge is 0.0299 e. The summed E-state index contributed by atoms with van der Waals surface area (Å²) in [5.74, 6) is 0. The van der Waals surface area contributed by atoms with E-state index in [0.29, 0.717) is 6.04 Å². The van der Waals surface area contributed by atoms with E-state index in [0.717, 1.165) is 6.04 Å². The van der Waals surface area contributed by atoms with Crippen LogP contribution < -0.4 is 5.32 Å². The minimum Gasteiger partial charge on any atom is -0.307 e. The van der Waals surface area contributed by atoms with E-state index in [1.165, 1.54) is 41.5 Å². The molecule has 16 heavy (non-hydrogen) atoms. The highest BCUT2D eigenvalue weighted by Crippen LogP contribution is 2.27. The van der Waals surface area contributed by atoms with Crippen LogP contribution in [0.15, 0.2) is 12.1 Å². The van der Waals surface area contributed by atoms with Crippen LogP contribution in [0.5, 0.6) is 0 Å². The molecule has 1 saturated carbocycles. The molecular weight excluding hydrogens is 194 g/mol. The Balaban J connectivity index is 2.17. The molecule has 0 bridgehead atoms. The van der Waals surface area contributed by atoms with E-state index in [4.69, 9.17) is 0 Å². The Bertz CT molecular complexity index is 354. The average molecular weight is 217 g/mol. The Morgan fingerprint density at radius 1 is 1.12 bits per heavy atom. The van der Waals surface area contributed by atoms with Crippen LogP contribution in [0.2, 0.25) is 0 Å². The zero-order valence-electron chi connectivity index (χ0n) is 10.9. The zero-order valence-corrected chi connectivity index (χ0v) is 10.9. The maximum atomic E-state index is 3.73. The van der Waals surface area contributed by atoms with Crippen LogP contribution in [0, 0.1) is 20.8 Å². The van der Waals surface area contributed by atoms with Crippen LogP contribution in [0.3, 0.4) is 0 Å². The number of nitrogens with one attached hydrogen (secondary N) is 1. The molecule has 1 heteroatoms. The molecule has 1 aliphatic rings. The fraction of sp³-hybridized carbons (Fsp3) is 0.600. The van der Waals surface area contributed by atoms with Crippen LogP contribution >= 0.6 is 0 Å². The molecule has 1 atom stereocenters. The minimum absolute atomic E-state index is 0.492. The molecule has 1 aromatic rings. The number of rotatable bonds is 3. The van der Waals surface area contributed by atoms with Crippen LogP contribution in [0.25, 0.3) is 0 Å². The third-order valence-electron chi connectivity index (χ3n) is 3.76. The van der Waals surface area contributed by atoms with Gasteiger partial charge in [-0.2, -0.15) is 0 Å². The van der Waals surface area contributed by atoms with E-state index in [-0.39, 0.29) is 0 Å². The lowest BCUT2D eigenvalue weighted by Crippen LogP contribution is -2.37. The normalized spacial score (nSPS) is 18.2. The van der Waals surface area contributed by atoms with Crippen molar-refractivity contribution in [1.82, 2.24) is 5.32 Å². The highest BCUT2D eigenvalue weighted by Gasteiger charge is 2.21. The van der Waals surface area contributed by atoms with Gasteiger partial charge in [-0.1, -0.05) is 24.1 Å². The Kier molecular flexibility index (Phi) is 3.34. The molecule has 0 aliphatic heterocycles. The van der Waals surface area contributed by atoms with Crippen molar-refractivity contribution in [3.05, 3.63) is 34.4 Å². The van der Waals surface area contributed by atoms with E-state index < -0.39 is 0 Å². The van der Waals surface area contributed by atoms with Crippen LogP contribution in [-0.4, -0.2) is 6.04 Å². The molecule has 1 aliphatic carbocycles. The molecule has 0 heterocycles. The molecule has 1 nitrogen and oxygen atoms in total. The first-order valence-electron chi connectivity index (χ1n) is 6.41. The van der Waals surface area contributed by atoms with Gasteiger partial charge < -0.3 is 5.32 Å². The van der Waals surface area contributed by atoms with Crippen LogP contribution in [0.4, 0.5) is 0 Å². The highest BCUT2D eigenvalue weighted by molar-refractivity contribution is 5.39. The van der Waals surface area contributed by atoms with Gasteiger partial charge in [-0.05, 0) is 57.2 Å². The van der Waals surface area contributed by atoms with Crippen molar-refractivity contribution in [2.75, 3.05) is 0 Å². The lowest BCUT2D eigenvalue weighted by atomic mass is 9.89. The summed E-state index contributed by atoms with van der Waals surface area (Å²) in [6.07, 6.45) is 4.11. The van der Waals surface area contributed by atoms with Crippen molar-refractivity contribution in [2.45, 2.75) is 59.0 Å². The average Bonchev–Trinajstić information content (AvgIpc) is 2.09. The molecule has 0 spiro atoms. The van der Waals surface area contributed by atoms with Gasteiger partial charge >= 0.3 is 0 Å². The second kappa shape index (κ2) is 4.58. The summed E-state index contributed by atoms with van der Waals surface area (Å²) in [5.41, 5.74) is 5.72. The quantitative estimate of drug-likeness (QED) is 0.811. The van der Waals surface area contributed by atoms with E-state index in [1.54, 1.807) is 0 Å². The second-order valence-corrected chi connectivity index (χ2v) is 5.33. The summed E-state index contributed by atoms with van der Waals surface area (Å²) < 4.78 is 0. The maximum Gasteiger partial charge on any atom is 0.0299 e. The van der Waals surface area contributed by atoms with E-state index in [9.17, 15) is 0 Å². The molecule has 1 N–H and O–H groups in total. The first-order valence-corrected chi connectivity index (χ1v) is 6.41. The summed E-state index contributed by atoms with van der Waals surface area (Å²) >= 11 is 0. The van der Waals surface area contributed by atoms with Crippen molar-refractivity contribution in [1.29, 1.82) is 0 Å². The first-order chi connectivity index (χ1) is 7.58. The maximum absolute atomic E-state index is 3.73. The molecule has 0 radical (unpaired) electrons. The molecule has 1 fully saturated rings. The SMILES string of the molecule is Cc1cc(C)c(C(C)NC2CCC2)c(C)c1. The van der Waals surface area contributed by atoms with Gasteiger partial charge in [-0.15, -0.1) is 0 Å². The van der Waals surface area contributed by atoms with Gasteiger partial charge in [0.15, 0.2) is 0 Å². The summed E-state index contributed by atoms with van der Waals surface area (Å²) in [6, 6.07) is 5.84. The van der Waals surface area contributed by atoms with Gasteiger partial charge in [-0.3, -0.25) is 0 Å². The standard InChI is InChI=1S/C15H23N/c1-10-8-11(2)15(12(3)9-10)13(4)16-14-6-5-7-14/h8-9,13-14,16H,5-7H2,1-4H3. The van der Waals surface area contributed by atoms with Crippen molar-refractivity contribution < 1.29 is 0 Å². The molecular formula is C15H23N. The molecule has 0 amide bonds. The Hall–Kier alpha value is -0.820. The van der Waals surface area contributed by atoms with Crippen LogP contribution in [0.1, 0.15) is 54.5 Å². The van der Waals surface area contributed by atoms with Gasteiger partial charge in [0.25, 0.3) is 0 Å². The molecule has 0 saturated heterocycles. The van der Waals surface area contributed by atoms with Crippen LogP contribution in [-0.2, 0) is 0 Å². The third-order valence-corrected chi connectivity index (χ3v) is 3.76. The van der Waals surface area contributed by atoms with Gasteiger partial charge in [-0.25, -0.2) is 0 Å². The van der Waals surface area contributed by atoms with E-state index in [2.05, 4.69) is 45.1 Å². The van der Waals surface area contributed by atoms with E-state index in [1.807, 2.05) is 0 Å². The van der Waals surface area contributed by atoms with Gasteiger partial charge in [0.2, 0.25) is 0 Å². The molecule has 88 valence electrons. The lowest BCUT2D eigenvalue weighted by molar-refractivity contribution is 0.312. The third kappa shape index (κ3) is 2.30. The topological polar surface area (TPSA) is 12.0 Å². The number of aryl methyl sites for hydroxylation is 3. The summed E-state index contributed by atoms with van der Waals surface area (Å²) in [7, 11) is 0. The predicted octanol–water partition coefficient (Wildman–Crippen LogP) is 3.81. The largest absolute Gasteiger partial charge is 0.307 e. The molecule has 2 rings (SSSR count). The van der Waals surface area contributed by atoms with Crippen molar-refractivity contribution in [3.63, 3.8) is 0 Å². The van der Waals surface area contributed by atoms with Crippen molar-refractivity contribution in [3.8, 4) is 0 Å². The van der Waals surface area contributed by atoms with Gasteiger partial charge in [0.05, 0.1) is 0 Å². The summed E-state index contributed by atoms with van der Waals surface area (Å²) in [6.45, 7) is 8.93. The Morgan fingerprint density at radius 2 is 1.69 bits per heavy atom. The fourth-order valence-corrected chi connectivity index (χ4v) is 2.89. The molecule has 1 unspecified atom stereocenters. The summed E-state index contributed by atoms with van der Waals surface area (Å²) in [4.78, 5) is 0. The number of hydrogen-bond donors (Lipinski definition) is 1. The first kappa shape index (κ1) is 11.7.